The van der Waals surface area contributed by atoms with E-state index in [4.69, 9.17) is 5.73 Å². The molecule has 15 heavy (non-hydrogen) atoms. The average molecular weight is 207 g/mol. The maximum atomic E-state index is 11.6. The van der Waals surface area contributed by atoms with Gasteiger partial charge in [-0.25, -0.2) is 0 Å². The molecule has 1 aromatic heterocycles. The van der Waals surface area contributed by atoms with Crippen molar-refractivity contribution in [2.45, 2.75) is 13.3 Å². The molecule has 0 aliphatic rings. The van der Waals surface area contributed by atoms with Crippen molar-refractivity contribution in [1.29, 1.82) is 0 Å². The first kappa shape index (κ1) is 11.4. The van der Waals surface area contributed by atoms with Crippen LogP contribution in [-0.4, -0.2) is 17.0 Å². The third-order valence-electron chi connectivity index (χ3n) is 2.09. The van der Waals surface area contributed by atoms with Crippen molar-refractivity contribution >= 4 is 11.6 Å². The number of nitrogen functional groups attached to an aromatic ring is 1. The van der Waals surface area contributed by atoms with Gasteiger partial charge in [-0.2, -0.15) is 0 Å². The summed E-state index contributed by atoms with van der Waals surface area (Å²) in [5, 5.41) is 2.82. The Morgan fingerprint density at radius 3 is 2.93 bits per heavy atom. The van der Waals surface area contributed by atoms with Gasteiger partial charge in [0, 0.05) is 19.8 Å². The fourth-order valence-corrected chi connectivity index (χ4v) is 1.34. The lowest BCUT2D eigenvalue weighted by atomic mass is 10.3. The number of carbonyl (C=O) groups is 1. The molecular formula is C11H17N3O. The van der Waals surface area contributed by atoms with Crippen LogP contribution in [0.25, 0.3) is 0 Å². The molecule has 82 valence electrons. The SMILES string of the molecule is C/C=C/CCNC(=O)c1cc(N)cn1C. The third kappa shape index (κ3) is 3.16. The minimum Gasteiger partial charge on any atom is -0.397 e. The molecule has 0 bridgehead atoms. The highest BCUT2D eigenvalue weighted by molar-refractivity contribution is 5.93. The lowest BCUT2D eigenvalue weighted by Crippen LogP contribution is -2.25. The lowest BCUT2D eigenvalue weighted by molar-refractivity contribution is 0.0946. The molecule has 0 saturated heterocycles. The number of hydrogen-bond acceptors (Lipinski definition) is 2. The summed E-state index contributed by atoms with van der Waals surface area (Å²) < 4.78 is 1.72. The molecule has 0 aliphatic heterocycles. The Morgan fingerprint density at radius 1 is 1.67 bits per heavy atom. The van der Waals surface area contributed by atoms with Crippen LogP contribution in [0.1, 0.15) is 23.8 Å². The summed E-state index contributed by atoms with van der Waals surface area (Å²) in [6.07, 6.45) is 6.55. The topological polar surface area (TPSA) is 60.1 Å². The van der Waals surface area contributed by atoms with Gasteiger partial charge in [-0.3, -0.25) is 4.79 Å². The summed E-state index contributed by atoms with van der Waals surface area (Å²) >= 11 is 0. The molecule has 0 aliphatic carbocycles. The molecule has 4 nitrogen and oxygen atoms in total. The summed E-state index contributed by atoms with van der Waals surface area (Å²) in [4.78, 5) is 11.6. The van der Waals surface area contributed by atoms with E-state index in [-0.39, 0.29) is 5.91 Å². The molecule has 1 rings (SSSR count). The molecule has 0 aromatic carbocycles. The van der Waals surface area contributed by atoms with Crippen LogP contribution in [0.15, 0.2) is 24.4 Å². The Kier molecular flexibility index (Phi) is 3.97. The summed E-state index contributed by atoms with van der Waals surface area (Å²) in [7, 11) is 1.80. The second-order valence-electron chi connectivity index (χ2n) is 3.38. The lowest BCUT2D eigenvalue weighted by Gasteiger charge is -2.03. The quantitative estimate of drug-likeness (QED) is 0.577. The number of nitrogens with zero attached hydrogens (tertiary/aromatic N) is 1. The third-order valence-corrected chi connectivity index (χ3v) is 2.09. The number of nitrogens with two attached hydrogens (primary N) is 1. The van der Waals surface area contributed by atoms with Crippen molar-refractivity contribution in [3.05, 3.63) is 30.1 Å². The normalized spacial score (nSPS) is 10.8. The van der Waals surface area contributed by atoms with E-state index < -0.39 is 0 Å². The van der Waals surface area contributed by atoms with Crippen LogP contribution in [0.2, 0.25) is 0 Å². The van der Waals surface area contributed by atoms with E-state index >= 15 is 0 Å². The Bertz CT molecular complexity index is 366. The highest BCUT2D eigenvalue weighted by atomic mass is 16.1. The summed E-state index contributed by atoms with van der Waals surface area (Å²) in [6, 6.07) is 1.67. The molecule has 0 saturated carbocycles. The van der Waals surface area contributed by atoms with Crippen molar-refractivity contribution in [3.63, 3.8) is 0 Å². The maximum Gasteiger partial charge on any atom is 0.267 e. The van der Waals surface area contributed by atoms with E-state index in [0.29, 0.717) is 17.9 Å². The van der Waals surface area contributed by atoms with Crippen molar-refractivity contribution in [1.82, 2.24) is 9.88 Å². The van der Waals surface area contributed by atoms with Gasteiger partial charge in [0.25, 0.3) is 5.91 Å². The second-order valence-corrected chi connectivity index (χ2v) is 3.38. The fourth-order valence-electron chi connectivity index (χ4n) is 1.34. The molecule has 0 atom stereocenters. The molecular weight excluding hydrogens is 190 g/mol. The molecule has 0 spiro atoms. The largest absolute Gasteiger partial charge is 0.397 e. The molecule has 1 aromatic rings. The average Bonchev–Trinajstić information content (AvgIpc) is 2.52. The minimum atomic E-state index is -0.0845. The molecule has 0 unspecified atom stereocenters. The number of anilines is 1. The number of allylic oxidation sites excluding steroid dienone is 1. The van der Waals surface area contributed by atoms with Gasteiger partial charge in [-0.15, -0.1) is 0 Å². The van der Waals surface area contributed by atoms with E-state index in [1.807, 2.05) is 19.1 Å². The summed E-state index contributed by atoms with van der Waals surface area (Å²) in [5.41, 5.74) is 6.78. The predicted octanol–water partition coefficient (Wildman–Crippen LogP) is 1.30. The molecule has 0 radical (unpaired) electrons. The van der Waals surface area contributed by atoms with Gasteiger partial charge in [0.2, 0.25) is 0 Å². The highest BCUT2D eigenvalue weighted by Gasteiger charge is 2.09. The highest BCUT2D eigenvalue weighted by Crippen LogP contribution is 2.08. The van der Waals surface area contributed by atoms with Crippen LogP contribution in [0.3, 0.4) is 0 Å². The monoisotopic (exact) mass is 207 g/mol. The Balaban J connectivity index is 2.50. The van der Waals surface area contributed by atoms with E-state index in [2.05, 4.69) is 5.32 Å². The van der Waals surface area contributed by atoms with Crippen LogP contribution in [0, 0.1) is 0 Å². The van der Waals surface area contributed by atoms with Gasteiger partial charge >= 0.3 is 0 Å². The van der Waals surface area contributed by atoms with Gasteiger partial charge in [0.1, 0.15) is 5.69 Å². The predicted molar refractivity (Wildman–Crippen MR) is 61.6 cm³/mol. The van der Waals surface area contributed by atoms with Crippen molar-refractivity contribution in [3.8, 4) is 0 Å². The Hall–Kier alpha value is -1.71. The van der Waals surface area contributed by atoms with Crippen LogP contribution in [0.4, 0.5) is 5.69 Å². The van der Waals surface area contributed by atoms with Gasteiger partial charge in [0.05, 0.1) is 5.69 Å². The van der Waals surface area contributed by atoms with Crippen molar-refractivity contribution in [2.24, 2.45) is 7.05 Å². The number of amides is 1. The maximum absolute atomic E-state index is 11.6. The zero-order valence-electron chi connectivity index (χ0n) is 9.16. The zero-order chi connectivity index (χ0) is 11.3. The number of nitrogens with one attached hydrogen (secondary N) is 1. The van der Waals surface area contributed by atoms with Crippen LogP contribution in [-0.2, 0) is 7.05 Å². The van der Waals surface area contributed by atoms with E-state index in [1.165, 1.54) is 0 Å². The van der Waals surface area contributed by atoms with Gasteiger partial charge < -0.3 is 15.6 Å². The van der Waals surface area contributed by atoms with Crippen LogP contribution >= 0.6 is 0 Å². The summed E-state index contributed by atoms with van der Waals surface area (Å²) in [5.74, 6) is -0.0845. The molecule has 1 amide bonds. The minimum absolute atomic E-state index is 0.0845. The van der Waals surface area contributed by atoms with E-state index in [0.717, 1.165) is 6.42 Å². The molecule has 1 heterocycles. The number of hydrogen-bond donors (Lipinski definition) is 2. The van der Waals surface area contributed by atoms with Crippen molar-refractivity contribution in [2.75, 3.05) is 12.3 Å². The Labute approximate surface area is 89.8 Å². The number of carbonyl (C=O) groups excluding carboxylic acids is 1. The molecule has 4 heteroatoms. The van der Waals surface area contributed by atoms with Gasteiger partial charge in [-0.05, 0) is 19.4 Å². The van der Waals surface area contributed by atoms with Gasteiger partial charge in [0.15, 0.2) is 0 Å². The number of rotatable bonds is 4. The smallest absolute Gasteiger partial charge is 0.267 e. The molecule has 3 N–H and O–H groups in total. The Morgan fingerprint density at radius 2 is 2.40 bits per heavy atom. The second kappa shape index (κ2) is 5.24. The van der Waals surface area contributed by atoms with Crippen molar-refractivity contribution < 1.29 is 4.79 Å². The van der Waals surface area contributed by atoms with Gasteiger partial charge in [-0.1, -0.05) is 12.2 Å². The first-order chi connectivity index (χ1) is 7.15. The molecule has 0 fully saturated rings. The number of aryl methyl sites for hydroxylation is 1. The first-order valence-electron chi connectivity index (χ1n) is 4.96. The van der Waals surface area contributed by atoms with Crippen LogP contribution < -0.4 is 11.1 Å². The summed E-state index contributed by atoms with van der Waals surface area (Å²) in [6.45, 7) is 2.61. The van der Waals surface area contributed by atoms with E-state index in [9.17, 15) is 4.79 Å². The fraction of sp³-hybridized carbons (Fsp3) is 0.364. The number of aromatic nitrogens is 1. The standard InChI is InChI=1S/C11H17N3O/c1-3-4-5-6-13-11(15)10-7-9(12)8-14(10)2/h3-4,7-8H,5-6,12H2,1-2H3,(H,13,15)/b4-3+. The zero-order valence-corrected chi connectivity index (χ0v) is 9.16. The van der Waals surface area contributed by atoms with E-state index in [1.54, 1.807) is 23.9 Å². The first-order valence-corrected chi connectivity index (χ1v) is 4.96. The van der Waals surface area contributed by atoms with Crippen LogP contribution in [0.5, 0.6) is 0 Å².